The van der Waals surface area contributed by atoms with Crippen LogP contribution in [0, 0.1) is 0 Å². The van der Waals surface area contributed by atoms with Gasteiger partial charge in [0, 0.05) is 15.4 Å². The summed E-state index contributed by atoms with van der Waals surface area (Å²) in [6, 6.07) is 15.1. The maximum atomic E-state index is 12.9. The molecule has 0 amide bonds. The summed E-state index contributed by atoms with van der Waals surface area (Å²) in [6.07, 6.45) is 0.177. The summed E-state index contributed by atoms with van der Waals surface area (Å²) in [5.74, 6) is -1.17. The number of thiophene rings is 1. The summed E-state index contributed by atoms with van der Waals surface area (Å²) in [7, 11) is -7.59. The van der Waals surface area contributed by atoms with E-state index in [1.165, 1.54) is 23.5 Å². The van der Waals surface area contributed by atoms with Gasteiger partial charge in [0.25, 0.3) is 10.0 Å². The molecule has 0 aliphatic carbocycles. The smallest absolute Gasteiger partial charge is 0.322 e. The van der Waals surface area contributed by atoms with Gasteiger partial charge in [-0.25, -0.2) is 16.8 Å². The average Bonchev–Trinajstić information content (AvgIpc) is 3.28. The molecule has 1 aliphatic rings. The third-order valence-electron chi connectivity index (χ3n) is 5.15. The highest BCUT2D eigenvalue weighted by atomic mass is 32.2. The van der Waals surface area contributed by atoms with Crippen molar-refractivity contribution in [3.05, 3.63) is 65.5 Å². The van der Waals surface area contributed by atoms with Crippen LogP contribution in [0.1, 0.15) is 18.2 Å². The van der Waals surface area contributed by atoms with Crippen molar-refractivity contribution in [3.8, 4) is 10.4 Å². The summed E-state index contributed by atoms with van der Waals surface area (Å²) < 4.78 is 54.2. The Kier molecular flexibility index (Phi) is 5.84. The van der Waals surface area contributed by atoms with E-state index >= 15 is 0 Å². The van der Waals surface area contributed by atoms with Gasteiger partial charge in [0.1, 0.15) is 6.04 Å². The van der Waals surface area contributed by atoms with Crippen molar-refractivity contribution in [2.24, 2.45) is 0 Å². The van der Waals surface area contributed by atoms with Crippen molar-refractivity contribution in [1.29, 1.82) is 0 Å². The topological polar surface area (TPSA) is 121 Å². The van der Waals surface area contributed by atoms with E-state index in [9.17, 15) is 26.7 Å². The molecular formula is C21H20N2O6S3. The fourth-order valence-electron chi connectivity index (χ4n) is 3.53. The number of benzene rings is 2. The number of hydrogen-bond acceptors (Lipinski definition) is 6. The van der Waals surface area contributed by atoms with Crippen LogP contribution in [0.3, 0.4) is 0 Å². The monoisotopic (exact) mass is 492 g/mol. The van der Waals surface area contributed by atoms with Gasteiger partial charge in [0.05, 0.1) is 16.3 Å². The Labute approximate surface area is 190 Å². The van der Waals surface area contributed by atoms with Gasteiger partial charge in [0.15, 0.2) is 0 Å². The number of sulfonamides is 2. The Bertz CT molecular complexity index is 1360. The number of carboxylic acids is 1. The molecule has 0 bridgehead atoms. The third kappa shape index (κ3) is 4.04. The van der Waals surface area contributed by atoms with Crippen molar-refractivity contribution < 1.29 is 26.7 Å². The van der Waals surface area contributed by atoms with Crippen molar-refractivity contribution in [2.45, 2.75) is 35.7 Å². The van der Waals surface area contributed by atoms with Gasteiger partial charge in [-0.2, -0.15) is 4.31 Å². The minimum atomic E-state index is -3.88. The molecule has 1 atom stereocenters. The number of nitrogens with one attached hydrogen (secondary N) is 1. The standard InChI is InChI=1S/C21H20N2O6S3/c1-2-17(21(24)25)23-13-19-20(32(23,28)29)12-18(30-19)14-8-10-15(11-9-14)22-31(26,27)16-6-4-3-5-7-16/h3-12,17,22H,2,13H2,1H3,(H,24,25). The van der Waals surface area contributed by atoms with Gasteiger partial charge in [-0.15, -0.1) is 11.3 Å². The molecule has 0 saturated heterocycles. The maximum Gasteiger partial charge on any atom is 0.322 e. The van der Waals surface area contributed by atoms with Crippen LogP contribution in [0.15, 0.2) is 70.5 Å². The Balaban J connectivity index is 1.56. The second kappa shape index (κ2) is 8.32. The van der Waals surface area contributed by atoms with E-state index in [2.05, 4.69) is 4.72 Å². The van der Waals surface area contributed by atoms with Crippen LogP contribution < -0.4 is 4.72 Å². The number of carboxylic acid groups (broad SMARTS) is 1. The summed E-state index contributed by atoms with van der Waals surface area (Å²) in [5, 5.41) is 9.34. The van der Waals surface area contributed by atoms with Gasteiger partial charge in [-0.05, 0) is 42.3 Å². The van der Waals surface area contributed by atoms with E-state index in [1.54, 1.807) is 55.5 Å². The first-order valence-electron chi connectivity index (χ1n) is 9.69. The minimum Gasteiger partial charge on any atom is -0.480 e. The van der Waals surface area contributed by atoms with Crippen molar-refractivity contribution >= 4 is 43.0 Å². The van der Waals surface area contributed by atoms with Gasteiger partial charge >= 0.3 is 5.97 Å². The van der Waals surface area contributed by atoms with Crippen molar-refractivity contribution in [1.82, 2.24) is 4.31 Å². The van der Waals surface area contributed by atoms with Gasteiger partial charge in [-0.3, -0.25) is 9.52 Å². The first kappa shape index (κ1) is 22.5. The maximum absolute atomic E-state index is 12.9. The van der Waals surface area contributed by atoms with E-state index in [-0.39, 0.29) is 22.8 Å². The SMILES string of the molecule is CCC(C(=O)O)N1Cc2sc(-c3ccc(NS(=O)(=O)c4ccccc4)cc3)cc2S1(=O)=O. The molecule has 2 aromatic carbocycles. The largest absolute Gasteiger partial charge is 0.480 e. The van der Waals surface area contributed by atoms with Gasteiger partial charge in [-0.1, -0.05) is 37.3 Å². The molecule has 2 heterocycles. The number of rotatable bonds is 7. The molecule has 0 saturated carbocycles. The van der Waals surface area contributed by atoms with Crippen LogP contribution >= 0.6 is 11.3 Å². The number of carbonyl (C=O) groups is 1. The number of hydrogen-bond donors (Lipinski definition) is 2. The first-order valence-corrected chi connectivity index (χ1v) is 13.4. The Morgan fingerprint density at radius 2 is 1.81 bits per heavy atom. The lowest BCUT2D eigenvalue weighted by molar-refractivity contribution is -0.141. The Hall–Kier alpha value is -2.73. The van der Waals surface area contributed by atoms with Crippen molar-refractivity contribution in [2.75, 3.05) is 4.72 Å². The molecule has 0 spiro atoms. The average molecular weight is 493 g/mol. The van der Waals surface area contributed by atoms with Gasteiger partial charge in [0.2, 0.25) is 10.0 Å². The molecule has 0 fully saturated rings. The number of nitrogens with zero attached hydrogens (tertiary/aromatic N) is 1. The summed E-state index contributed by atoms with van der Waals surface area (Å²) in [6.45, 7) is 1.67. The van der Waals surface area contributed by atoms with Crippen LogP contribution in [0.5, 0.6) is 0 Å². The highest BCUT2D eigenvalue weighted by Crippen LogP contribution is 2.42. The van der Waals surface area contributed by atoms with Crippen molar-refractivity contribution in [3.63, 3.8) is 0 Å². The van der Waals surface area contributed by atoms with E-state index in [0.717, 1.165) is 9.87 Å². The van der Waals surface area contributed by atoms with Crippen LogP contribution in [0.4, 0.5) is 5.69 Å². The minimum absolute atomic E-state index is 0.0299. The molecule has 168 valence electrons. The highest BCUT2D eigenvalue weighted by molar-refractivity contribution is 7.92. The molecule has 11 heteroatoms. The molecule has 4 rings (SSSR count). The molecule has 1 unspecified atom stereocenters. The quantitative estimate of drug-likeness (QED) is 0.520. The van der Waals surface area contributed by atoms with Crippen LogP contribution in [-0.4, -0.2) is 38.3 Å². The highest BCUT2D eigenvalue weighted by Gasteiger charge is 2.43. The van der Waals surface area contributed by atoms with E-state index in [1.807, 2.05) is 0 Å². The Morgan fingerprint density at radius 3 is 2.38 bits per heavy atom. The first-order chi connectivity index (χ1) is 15.1. The zero-order valence-electron chi connectivity index (χ0n) is 16.9. The van der Waals surface area contributed by atoms with Crippen LogP contribution in [0.2, 0.25) is 0 Å². The molecule has 3 aromatic rings. The molecule has 1 aliphatic heterocycles. The fourth-order valence-corrected chi connectivity index (χ4v) is 8.01. The molecular weight excluding hydrogens is 472 g/mol. The van der Waals surface area contributed by atoms with Gasteiger partial charge < -0.3 is 5.11 Å². The second-order valence-corrected chi connectivity index (χ2v) is 11.9. The molecule has 2 N–H and O–H groups in total. The zero-order valence-corrected chi connectivity index (χ0v) is 19.4. The van der Waals surface area contributed by atoms with Crippen LogP contribution in [-0.2, 0) is 31.4 Å². The predicted octanol–water partition coefficient (Wildman–Crippen LogP) is 3.58. The summed E-state index contributed by atoms with van der Waals surface area (Å²) in [4.78, 5) is 13.0. The lowest BCUT2D eigenvalue weighted by Gasteiger charge is -2.21. The van der Waals surface area contributed by atoms with E-state index in [4.69, 9.17) is 0 Å². The van der Waals surface area contributed by atoms with Crippen LogP contribution in [0.25, 0.3) is 10.4 Å². The summed E-state index contributed by atoms with van der Waals surface area (Å²) in [5.41, 5.74) is 1.12. The summed E-state index contributed by atoms with van der Waals surface area (Å²) >= 11 is 1.28. The fraction of sp³-hybridized carbons (Fsp3) is 0.190. The molecule has 32 heavy (non-hydrogen) atoms. The lowest BCUT2D eigenvalue weighted by atomic mass is 10.2. The van der Waals surface area contributed by atoms with E-state index < -0.39 is 32.1 Å². The zero-order chi connectivity index (χ0) is 23.1. The lowest BCUT2D eigenvalue weighted by Crippen LogP contribution is -2.40. The number of fused-ring (bicyclic) bond motifs is 1. The molecule has 8 nitrogen and oxygen atoms in total. The number of aliphatic carboxylic acids is 1. The Morgan fingerprint density at radius 1 is 1.16 bits per heavy atom. The molecule has 1 aromatic heterocycles. The molecule has 0 radical (unpaired) electrons. The second-order valence-electron chi connectivity index (χ2n) is 7.21. The predicted molar refractivity (Wildman–Crippen MR) is 121 cm³/mol. The number of anilines is 1. The normalized spacial score (nSPS) is 16.4. The van der Waals surface area contributed by atoms with E-state index in [0.29, 0.717) is 15.4 Å². The third-order valence-corrected chi connectivity index (χ3v) is 9.77.